The predicted molar refractivity (Wildman–Crippen MR) is 108 cm³/mol. The monoisotopic (exact) mass is 373 g/mol. The largest absolute Gasteiger partial charge is 0.352 e. The molecule has 140 valence electrons. The molecule has 2 aromatic rings. The van der Waals surface area contributed by atoms with Gasteiger partial charge in [0.05, 0.1) is 16.8 Å². The number of nitrogens with zero attached hydrogens (tertiary/aromatic N) is 2. The summed E-state index contributed by atoms with van der Waals surface area (Å²) in [5.41, 5.74) is 2.24. The van der Waals surface area contributed by atoms with Crippen LogP contribution in [0.2, 0.25) is 5.02 Å². The zero-order valence-electron chi connectivity index (χ0n) is 15.7. The summed E-state index contributed by atoms with van der Waals surface area (Å²) in [6.07, 6.45) is 4.80. The van der Waals surface area contributed by atoms with Gasteiger partial charge in [-0.25, -0.2) is 0 Å². The number of piperidine rings is 1. The zero-order chi connectivity index (χ0) is 18.5. The fourth-order valence-electron chi connectivity index (χ4n) is 3.72. The van der Waals surface area contributed by atoms with Crippen LogP contribution in [0.1, 0.15) is 48.7 Å². The number of hydrogen-bond donors (Lipinski definition) is 1. The van der Waals surface area contributed by atoms with Crippen LogP contribution in [0.5, 0.6) is 0 Å². The number of carbonyl (C=O) groups excluding carboxylic acids is 1. The Morgan fingerprint density at radius 1 is 1.35 bits per heavy atom. The number of amides is 1. The van der Waals surface area contributed by atoms with Gasteiger partial charge in [-0.15, -0.1) is 0 Å². The summed E-state index contributed by atoms with van der Waals surface area (Å²) in [6.45, 7) is 8.49. The number of aryl methyl sites for hydroxylation is 1. The number of aromatic nitrogens is 1. The van der Waals surface area contributed by atoms with E-state index in [-0.39, 0.29) is 5.91 Å². The van der Waals surface area contributed by atoms with Crippen molar-refractivity contribution in [2.75, 3.05) is 26.2 Å². The van der Waals surface area contributed by atoms with Crippen molar-refractivity contribution in [3.05, 3.63) is 40.5 Å². The normalized spacial score (nSPS) is 18.2. The molecule has 1 aliphatic rings. The van der Waals surface area contributed by atoms with Crippen molar-refractivity contribution in [3.8, 4) is 0 Å². The van der Waals surface area contributed by atoms with Gasteiger partial charge in [0, 0.05) is 23.5 Å². The van der Waals surface area contributed by atoms with Crippen molar-refractivity contribution in [3.63, 3.8) is 0 Å². The van der Waals surface area contributed by atoms with Gasteiger partial charge in [-0.3, -0.25) is 9.78 Å². The maximum atomic E-state index is 12.5. The lowest BCUT2D eigenvalue weighted by Gasteiger charge is -2.30. The lowest BCUT2D eigenvalue weighted by atomic mass is 10.0. The Kier molecular flexibility index (Phi) is 6.49. The molecule has 1 N–H and O–H groups in total. The minimum absolute atomic E-state index is 0.0523. The van der Waals surface area contributed by atoms with Gasteiger partial charge < -0.3 is 10.2 Å². The molecule has 4 nitrogen and oxygen atoms in total. The molecule has 1 atom stereocenters. The van der Waals surface area contributed by atoms with Gasteiger partial charge >= 0.3 is 0 Å². The third-order valence-corrected chi connectivity index (χ3v) is 5.37. The van der Waals surface area contributed by atoms with Crippen LogP contribution in [0.3, 0.4) is 0 Å². The van der Waals surface area contributed by atoms with Crippen molar-refractivity contribution in [2.24, 2.45) is 5.92 Å². The topological polar surface area (TPSA) is 45.2 Å². The Morgan fingerprint density at radius 2 is 2.19 bits per heavy atom. The molecule has 0 radical (unpaired) electrons. The highest BCUT2D eigenvalue weighted by Gasteiger charge is 2.15. The van der Waals surface area contributed by atoms with E-state index in [4.69, 9.17) is 11.6 Å². The average molecular weight is 374 g/mol. The van der Waals surface area contributed by atoms with Gasteiger partial charge in [0.15, 0.2) is 0 Å². The van der Waals surface area contributed by atoms with E-state index in [9.17, 15) is 4.79 Å². The number of hydrogen-bond acceptors (Lipinski definition) is 3. The maximum Gasteiger partial charge on any atom is 0.253 e. The SMILES string of the molecule is Cc1nc2ccc(Cl)cc2cc1C(=O)NCCCCN1CCC[C@H](C)C1. The first-order valence-corrected chi connectivity index (χ1v) is 9.98. The molecule has 26 heavy (non-hydrogen) atoms. The Hall–Kier alpha value is -1.65. The number of benzene rings is 1. The first-order chi connectivity index (χ1) is 12.5. The zero-order valence-corrected chi connectivity index (χ0v) is 16.5. The lowest BCUT2D eigenvalue weighted by Crippen LogP contribution is -2.35. The Bertz CT molecular complexity index is 777. The van der Waals surface area contributed by atoms with Gasteiger partial charge in [-0.1, -0.05) is 18.5 Å². The molecule has 0 bridgehead atoms. The standard InChI is InChI=1S/C21H28ClN3O/c1-15-6-5-11-25(14-15)10-4-3-9-23-21(26)19-13-17-12-18(22)7-8-20(17)24-16(19)2/h7-8,12-13,15H,3-6,9-11,14H2,1-2H3,(H,23,26)/t15-/m0/s1. The number of nitrogens with one attached hydrogen (secondary N) is 1. The molecule has 0 unspecified atom stereocenters. The number of rotatable bonds is 6. The van der Waals surface area contributed by atoms with Crippen LogP contribution >= 0.6 is 11.6 Å². The maximum absolute atomic E-state index is 12.5. The second-order valence-electron chi connectivity index (χ2n) is 7.47. The van der Waals surface area contributed by atoms with E-state index in [1.54, 1.807) is 0 Å². The van der Waals surface area contributed by atoms with Gasteiger partial charge in [0.2, 0.25) is 0 Å². The van der Waals surface area contributed by atoms with Crippen LogP contribution in [-0.4, -0.2) is 42.0 Å². The van der Waals surface area contributed by atoms with Crippen LogP contribution in [0, 0.1) is 12.8 Å². The van der Waals surface area contributed by atoms with Gasteiger partial charge in [-0.2, -0.15) is 0 Å². The third kappa shape index (κ3) is 4.95. The minimum atomic E-state index is -0.0523. The van der Waals surface area contributed by atoms with E-state index in [1.807, 2.05) is 31.2 Å². The lowest BCUT2D eigenvalue weighted by molar-refractivity contribution is 0.0951. The van der Waals surface area contributed by atoms with E-state index in [0.29, 0.717) is 17.1 Å². The molecular weight excluding hydrogens is 346 g/mol. The number of pyridine rings is 1. The molecule has 5 heteroatoms. The number of unbranched alkanes of at least 4 members (excludes halogenated alkanes) is 1. The fraction of sp³-hybridized carbons (Fsp3) is 0.524. The summed E-state index contributed by atoms with van der Waals surface area (Å²) in [7, 11) is 0. The summed E-state index contributed by atoms with van der Waals surface area (Å²) >= 11 is 6.05. The summed E-state index contributed by atoms with van der Waals surface area (Å²) < 4.78 is 0. The van der Waals surface area contributed by atoms with Gasteiger partial charge in [0.25, 0.3) is 5.91 Å². The van der Waals surface area contributed by atoms with Crippen molar-refractivity contribution < 1.29 is 4.79 Å². The Morgan fingerprint density at radius 3 is 3.00 bits per heavy atom. The van der Waals surface area contributed by atoms with E-state index in [1.165, 1.54) is 25.9 Å². The van der Waals surface area contributed by atoms with Crippen LogP contribution in [0.15, 0.2) is 24.3 Å². The predicted octanol–water partition coefficient (Wildman–Crippen LogP) is 4.44. The molecule has 1 aromatic heterocycles. The van der Waals surface area contributed by atoms with Gasteiger partial charge in [0.1, 0.15) is 0 Å². The van der Waals surface area contributed by atoms with Crippen molar-refractivity contribution in [1.29, 1.82) is 0 Å². The van der Waals surface area contributed by atoms with Crippen LogP contribution in [0.4, 0.5) is 0 Å². The van der Waals surface area contributed by atoms with E-state index in [0.717, 1.165) is 41.9 Å². The summed E-state index contributed by atoms with van der Waals surface area (Å²) in [6, 6.07) is 7.43. The van der Waals surface area contributed by atoms with Crippen LogP contribution in [0.25, 0.3) is 10.9 Å². The van der Waals surface area contributed by atoms with E-state index < -0.39 is 0 Å². The van der Waals surface area contributed by atoms with Gasteiger partial charge in [-0.05, 0) is 75.9 Å². The van der Waals surface area contributed by atoms with Crippen molar-refractivity contribution in [1.82, 2.24) is 15.2 Å². The molecule has 1 aromatic carbocycles. The van der Waals surface area contributed by atoms with E-state index >= 15 is 0 Å². The highest BCUT2D eigenvalue weighted by Crippen LogP contribution is 2.21. The summed E-state index contributed by atoms with van der Waals surface area (Å²) in [5.74, 6) is 0.767. The number of carbonyl (C=O) groups is 1. The second kappa shape index (κ2) is 8.83. The minimum Gasteiger partial charge on any atom is -0.352 e. The second-order valence-corrected chi connectivity index (χ2v) is 7.91. The molecule has 3 rings (SSSR count). The van der Waals surface area contributed by atoms with Crippen molar-refractivity contribution >= 4 is 28.4 Å². The van der Waals surface area contributed by atoms with Crippen LogP contribution < -0.4 is 5.32 Å². The molecule has 1 amide bonds. The smallest absolute Gasteiger partial charge is 0.253 e. The molecule has 1 saturated heterocycles. The molecule has 2 heterocycles. The summed E-state index contributed by atoms with van der Waals surface area (Å²) in [4.78, 5) is 19.6. The van der Waals surface area contributed by atoms with Crippen LogP contribution in [-0.2, 0) is 0 Å². The Labute approximate surface area is 160 Å². The average Bonchev–Trinajstić information content (AvgIpc) is 2.61. The molecule has 0 aliphatic carbocycles. The Balaban J connectivity index is 1.49. The molecular formula is C21H28ClN3O. The molecule has 0 saturated carbocycles. The number of likely N-dealkylation sites (tertiary alicyclic amines) is 1. The molecule has 0 spiro atoms. The summed E-state index contributed by atoms with van der Waals surface area (Å²) in [5, 5.41) is 4.59. The first-order valence-electron chi connectivity index (χ1n) is 9.60. The molecule has 1 aliphatic heterocycles. The molecule has 1 fully saturated rings. The third-order valence-electron chi connectivity index (χ3n) is 5.14. The highest BCUT2D eigenvalue weighted by molar-refractivity contribution is 6.31. The quantitative estimate of drug-likeness (QED) is 0.761. The number of halogens is 1. The number of fused-ring (bicyclic) bond motifs is 1. The van der Waals surface area contributed by atoms with Crippen molar-refractivity contribution in [2.45, 2.75) is 39.5 Å². The highest BCUT2D eigenvalue weighted by atomic mass is 35.5. The fourth-order valence-corrected chi connectivity index (χ4v) is 3.90. The van der Waals surface area contributed by atoms with E-state index in [2.05, 4.69) is 22.1 Å². The first kappa shape index (κ1) is 19.1.